The zero-order chi connectivity index (χ0) is 15.1. The molecule has 0 aliphatic rings. The minimum absolute atomic E-state index is 0.0513. The molecular weight excluding hydrogens is 266 g/mol. The number of carbonyl (C=O) groups excluding carboxylic acids is 1. The third-order valence-corrected chi connectivity index (χ3v) is 2.59. The summed E-state index contributed by atoms with van der Waals surface area (Å²) in [5.74, 6) is -0.503. The largest absolute Gasteiger partial charge is 0.422 e. The SMILES string of the molecule is N#C/C(C(=O)Oc1ccccc1)=C(/N)Nc1ccccc1. The number of nitrogens with zero attached hydrogens (tertiary/aromatic N) is 1. The number of esters is 1. The van der Waals surface area contributed by atoms with Crippen molar-refractivity contribution in [3.63, 3.8) is 0 Å². The lowest BCUT2D eigenvalue weighted by atomic mass is 10.2. The Morgan fingerprint density at radius 1 is 1.05 bits per heavy atom. The van der Waals surface area contributed by atoms with E-state index in [-0.39, 0.29) is 11.4 Å². The van der Waals surface area contributed by atoms with Crippen molar-refractivity contribution in [1.82, 2.24) is 0 Å². The van der Waals surface area contributed by atoms with Crippen molar-refractivity contribution in [2.24, 2.45) is 5.73 Å². The maximum Gasteiger partial charge on any atom is 0.358 e. The zero-order valence-electron chi connectivity index (χ0n) is 11.1. The van der Waals surface area contributed by atoms with Crippen LogP contribution in [0.4, 0.5) is 5.69 Å². The van der Waals surface area contributed by atoms with Crippen molar-refractivity contribution < 1.29 is 9.53 Å². The second-order valence-electron chi connectivity index (χ2n) is 4.09. The van der Waals surface area contributed by atoms with E-state index in [1.165, 1.54) is 0 Å². The molecule has 21 heavy (non-hydrogen) atoms. The minimum Gasteiger partial charge on any atom is -0.422 e. The van der Waals surface area contributed by atoms with E-state index in [1.54, 1.807) is 48.5 Å². The summed E-state index contributed by atoms with van der Waals surface area (Å²) in [5.41, 5.74) is 6.16. The van der Waals surface area contributed by atoms with Gasteiger partial charge in [0.1, 0.15) is 17.6 Å². The topological polar surface area (TPSA) is 88.1 Å². The fourth-order valence-corrected chi connectivity index (χ4v) is 1.60. The molecule has 104 valence electrons. The molecule has 0 saturated carbocycles. The molecule has 0 fully saturated rings. The van der Waals surface area contributed by atoms with Crippen LogP contribution in [-0.2, 0) is 4.79 Å². The van der Waals surface area contributed by atoms with E-state index in [2.05, 4.69) is 5.32 Å². The van der Waals surface area contributed by atoms with Crippen LogP contribution < -0.4 is 15.8 Å². The number of nitrogens with two attached hydrogens (primary N) is 1. The van der Waals surface area contributed by atoms with E-state index >= 15 is 0 Å². The highest BCUT2D eigenvalue weighted by Gasteiger charge is 2.16. The molecule has 0 radical (unpaired) electrons. The smallest absolute Gasteiger partial charge is 0.358 e. The Balaban J connectivity index is 2.16. The van der Waals surface area contributed by atoms with Crippen LogP contribution >= 0.6 is 0 Å². The molecule has 0 aliphatic carbocycles. The molecule has 5 heteroatoms. The van der Waals surface area contributed by atoms with Crippen LogP contribution in [0.2, 0.25) is 0 Å². The normalized spacial score (nSPS) is 11.0. The number of nitrogens with one attached hydrogen (secondary N) is 1. The van der Waals surface area contributed by atoms with E-state index in [0.29, 0.717) is 11.4 Å². The van der Waals surface area contributed by atoms with Gasteiger partial charge in [0.05, 0.1) is 0 Å². The monoisotopic (exact) mass is 279 g/mol. The van der Waals surface area contributed by atoms with E-state index in [0.717, 1.165) is 0 Å². The van der Waals surface area contributed by atoms with Crippen LogP contribution in [0, 0.1) is 11.3 Å². The van der Waals surface area contributed by atoms with Gasteiger partial charge >= 0.3 is 5.97 Å². The van der Waals surface area contributed by atoms with Crippen molar-refractivity contribution in [2.75, 3.05) is 5.32 Å². The lowest BCUT2D eigenvalue weighted by Gasteiger charge is -2.08. The van der Waals surface area contributed by atoms with Gasteiger partial charge in [-0.25, -0.2) is 4.79 Å². The van der Waals surface area contributed by atoms with Gasteiger partial charge in [-0.15, -0.1) is 0 Å². The van der Waals surface area contributed by atoms with Crippen molar-refractivity contribution in [1.29, 1.82) is 5.26 Å². The van der Waals surface area contributed by atoms with Gasteiger partial charge in [0.2, 0.25) is 0 Å². The maximum atomic E-state index is 12.0. The summed E-state index contributed by atoms with van der Waals surface area (Å²) in [4.78, 5) is 12.0. The Morgan fingerprint density at radius 2 is 1.62 bits per heavy atom. The highest BCUT2D eigenvalue weighted by molar-refractivity contribution is 5.95. The number of rotatable bonds is 4. The summed E-state index contributed by atoms with van der Waals surface area (Å²) in [6, 6.07) is 19.2. The number of hydrogen-bond acceptors (Lipinski definition) is 5. The van der Waals surface area contributed by atoms with Gasteiger partial charge < -0.3 is 15.8 Å². The predicted molar refractivity (Wildman–Crippen MR) is 79.0 cm³/mol. The van der Waals surface area contributed by atoms with Gasteiger partial charge in [0, 0.05) is 5.69 Å². The third-order valence-electron chi connectivity index (χ3n) is 2.59. The first kappa shape index (κ1) is 14.2. The molecule has 0 aromatic heterocycles. The zero-order valence-corrected chi connectivity index (χ0v) is 11.1. The van der Waals surface area contributed by atoms with Crippen LogP contribution in [-0.4, -0.2) is 5.97 Å². The fraction of sp³-hybridized carbons (Fsp3) is 0. The summed E-state index contributed by atoms with van der Waals surface area (Å²) in [7, 11) is 0. The summed E-state index contributed by atoms with van der Waals surface area (Å²) in [6.07, 6.45) is 0. The molecule has 0 aliphatic heterocycles. The molecule has 5 nitrogen and oxygen atoms in total. The molecular formula is C16H13N3O2. The number of para-hydroxylation sites is 2. The summed E-state index contributed by atoms with van der Waals surface area (Å²) in [6.45, 7) is 0. The lowest BCUT2D eigenvalue weighted by Crippen LogP contribution is -2.20. The van der Waals surface area contributed by atoms with Gasteiger partial charge in [0.15, 0.2) is 5.57 Å². The van der Waals surface area contributed by atoms with Crippen LogP contribution in [0.1, 0.15) is 0 Å². The first-order chi connectivity index (χ1) is 10.2. The van der Waals surface area contributed by atoms with E-state index in [9.17, 15) is 4.79 Å². The van der Waals surface area contributed by atoms with Crippen LogP contribution in [0.15, 0.2) is 72.1 Å². The van der Waals surface area contributed by atoms with Crippen molar-refractivity contribution in [2.45, 2.75) is 0 Å². The first-order valence-electron chi connectivity index (χ1n) is 6.20. The predicted octanol–water partition coefficient (Wildman–Crippen LogP) is 2.40. The highest BCUT2D eigenvalue weighted by atomic mass is 16.5. The fourth-order valence-electron chi connectivity index (χ4n) is 1.60. The van der Waals surface area contributed by atoms with Crippen molar-refractivity contribution in [3.8, 4) is 11.8 Å². The van der Waals surface area contributed by atoms with E-state index in [1.807, 2.05) is 18.2 Å². The average Bonchev–Trinajstić information content (AvgIpc) is 2.50. The van der Waals surface area contributed by atoms with Gasteiger partial charge in [-0.1, -0.05) is 36.4 Å². The molecule has 2 rings (SSSR count). The summed E-state index contributed by atoms with van der Waals surface area (Å²) in [5, 5.41) is 11.9. The highest BCUT2D eigenvalue weighted by Crippen LogP contribution is 2.13. The maximum absolute atomic E-state index is 12.0. The van der Waals surface area contributed by atoms with Gasteiger partial charge in [-0.3, -0.25) is 0 Å². The number of nitriles is 1. The molecule has 0 amide bonds. The van der Waals surface area contributed by atoms with Crippen LogP contribution in [0.3, 0.4) is 0 Å². The Labute approximate surface area is 122 Å². The Morgan fingerprint density at radius 3 is 2.19 bits per heavy atom. The second-order valence-corrected chi connectivity index (χ2v) is 4.09. The molecule has 0 bridgehead atoms. The van der Waals surface area contributed by atoms with Crippen molar-refractivity contribution in [3.05, 3.63) is 72.1 Å². The number of anilines is 1. The number of hydrogen-bond donors (Lipinski definition) is 2. The molecule has 0 spiro atoms. The number of carbonyl (C=O) groups is 1. The molecule has 0 saturated heterocycles. The lowest BCUT2D eigenvalue weighted by molar-refractivity contribution is -0.129. The molecule has 0 unspecified atom stereocenters. The van der Waals surface area contributed by atoms with Crippen molar-refractivity contribution >= 4 is 11.7 Å². The molecule has 2 aromatic carbocycles. The molecule has 0 heterocycles. The van der Waals surface area contributed by atoms with Gasteiger partial charge in [-0.05, 0) is 24.3 Å². The van der Waals surface area contributed by atoms with Gasteiger partial charge in [-0.2, -0.15) is 5.26 Å². The van der Waals surface area contributed by atoms with E-state index in [4.69, 9.17) is 15.7 Å². The third kappa shape index (κ3) is 3.85. The van der Waals surface area contributed by atoms with E-state index < -0.39 is 5.97 Å². The Kier molecular flexibility index (Phi) is 4.57. The molecule has 2 aromatic rings. The Hall–Kier alpha value is -3.26. The minimum atomic E-state index is -0.801. The van der Waals surface area contributed by atoms with Crippen LogP contribution in [0.25, 0.3) is 0 Å². The number of ether oxygens (including phenoxy) is 1. The summed E-state index contributed by atoms with van der Waals surface area (Å²) < 4.78 is 5.09. The standard InChI is InChI=1S/C16H13N3O2/c17-11-14(15(18)19-12-7-3-1-4-8-12)16(20)21-13-9-5-2-6-10-13/h1-10,19H,18H2/b15-14+. The quantitative estimate of drug-likeness (QED) is 0.388. The second kappa shape index (κ2) is 6.78. The summed E-state index contributed by atoms with van der Waals surface area (Å²) >= 11 is 0. The first-order valence-corrected chi connectivity index (χ1v) is 6.20. The van der Waals surface area contributed by atoms with Gasteiger partial charge in [0.25, 0.3) is 0 Å². The average molecular weight is 279 g/mol. The number of benzene rings is 2. The Bertz CT molecular complexity index is 688. The molecule has 3 N–H and O–H groups in total. The van der Waals surface area contributed by atoms with Crippen LogP contribution in [0.5, 0.6) is 5.75 Å². The molecule has 0 atom stereocenters.